The maximum absolute atomic E-state index is 3.61. The molecule has 1 N–H and O–H groups in total. The van der Waals surface area contributed by atoms with Crippen molar-refractivity contribution in [1.29, 1.82) is 0 Å². The molecule has 0 bridgehead atoms. The van der Waals surface area contributed by atoms with Crippen LogP contribution in [0.25, 0.3) is 55.0 Å². The first-order valence-corrected chi connectivity index (χ1v) is 13.8. The lowest BCUT2D eigenvalue weighted by atomic mass is 10.2. The number of rotatable bonds is 5. The summed E-state index contributed by atoms with van der Waals surface area (Å²) in [5, 5.41) is 8.74. The molecule has 0 fully saturated rings. The molecule has 0 atom stereocenters. The second kappa shape index (κ2) is 9.18. The average molecular weight is 514 g/mol. The van der Waals surface area contributed by atoms with Crippen molar-refractivity contribution >= 4 is 49.3 Å². The molecule has 2 aromatic heterocycles. The van der Waals surface area contributed by atoms with Gasteiger partial charge in [-0.3, -0.25) is 0 Å². The minimum Gasteiger partial charge on any atom is -0.381 e. The Balaban J connectivity index is 1.05. The Labute approximate surface area is 232 Å². The highest BCUT2D eigenvalue weighted by atomic mass is 15.0. The topological polar surface area (TPSA) is 21.9 Å². The van der Waals surface area contributed by atoms with Crippen LogP contribution in [0.3, 0.4) is 0 Å². The molecule has 8 rings (SSSR count). The zero-order valence-electron chi connectivity index (χ0n) is 22.0. The van der Waals surface area contributed by atoms with Gasteiger partial charge in [0.15, 0.2) is 0 Å². The van der Waals surface area contributed by atoms with E-state index in [0.29, 0.717) is 0 Å². The number of anilines is 1. The van der Waals surface area contributed by atoms with Gasteiger partial charge in [-0.15, -0.1) is 0 Å². The summed E-state index contributed by atoms with van der Waals surface area (Å²) in [7, 11) is 0. The third-order valence-electron chi connectivity index (χ3n) is 7.98. The normalized spacial score (nSPS) is 11.6. The Morgan fingerprint density at radius 1 is 0.375 bits per heavy atom. The van der Waals surface area contributed by atoms with E-state index in [4.69, 9.17) is 0 Å². The molecule has 0 aliphatic rings. The van der Waals surface area contributed by atoms with Crippen LogP contribution in [0.1, 0.15) is 5.56 Å². The van der Waals surface area contributed by atoms with Crippen LogP contribution in [0.5, 0.6) is 0 Å². The number of nitrogens with zero attached hydrogens (tertiary/aromatic N) is 2. The van der Waals surface area contributed by atoms with Crippen molar-refractivity contribution in [2.45, 2.75) is 6.54 Å². The molecule has 0 aliphatic carbocycles. The van der Waals surface area contributed by atoms with Crippen LogP contribution in [0.2, 0.25) is 0 Å². The smallest absolute Gasteiger partial charge is 0.0541 e. The van der Waals surface area contributed by atoms with Crippen molar-refractivity contribution in [2.24, 2.45) is 0 Å². The highest BCUT2D eigenvalue weighted by molar-refractivity contribution is 6.10. The number of hydrogen-bond acceptors (Lipinski definition) is 1. The van der Waals surface area contributed by atoms with Gasteiger partial charge in [-0.05, 0) is 66.2 Å². The monoisotopic (exact) mass is 513 g/mol. The molecule has 0 spiro atoms. The van der Waals surface area contributed by atoms with Crippen molar-refractivity contribution < 1.29 is 0 Å². The number of para-hydroxylation sites is 4. The number of benzene rings is 6. The van der Waals surface area contributed by atoms with Crippen LogP contribution in [-0.4, -0.2) is 9.13 Å². The Morgan fingerprint density at radius 2 is 0.725 bits per heavy atom. The van der Waals surface area contributed by atoms with Crippen molar-refractivity contribution in [1.82, 2.24) is 9.13 Å². The van der Waals surface area contributed by atoms with Crippen LogP contribution in [0, 0.1) is 0 Å². The minimum absolute atomic E-state index is 0.766. The van der Waals surface area contributed by atoms with Gasteiger partial charge in [-0.1, -0.05) is 84.9 Å². The SMILES string of the molecule is c1ccc2c(c1)c1ccccc1n2-c1ccc(CNc2ccc(-n3c4ccccc4c4ccccc43)cc2)cc1. The summed E-state index contributed by atoms with van der Waals surface area (Å²) < 4.78 is 4.71. The lowest BCUT2D eigenvalue weighted by molar-refractivity contribution is 1.12. The zero-order valence-corrected chi connectivity index (χ0v) is 22.0. The fourth-order valence-electron chi connectivity index (χ4n) is 6.10. The van der Waals surface area contributed by atoms with Gasteiger partial charge in [0.25, 0.3) is 0 Å². The van der Waals surface area contributed by atoms with Gasteiger partial charge in [0, 0.05) is 45.2 Å². The maximum Gasteiger partial charge on any atom is 0.0541 e. The van der Waals surface area contributed by atoms with Crippen molar-refractivity contribution in [2.75, 3.05) is 5.32 Å². The molecule has 2 heterocycles. The van der Waals surface area contributed by atoms with E-state index in [9.17, 15) is 0 Å². The standard InChI is InChI=1S/C37H27N3/c1-5-13-34-30(9-1)31-10-2-6-14-35(31)39(34)28-21-17-26(18-22-28)25-38-27-19-23-29(24-20-27)40-36-15-7-3-11-32(36)33-12-4-8-16-37(33)40/h1-24,38H,25H2. The summed E-state index contributed by atoms with van der Waals surface area (Å²) in [5.74, 6) is 0. The summed E-state index contributed by atoms with van der Waals surface area (Å²) in [6, 6.07) is 52.2. The molecule has 0 saturated carbocycles. The third-order valence-corrected chi connectivity index (χ3v) is 7.98. The first-order chi connectivity index (χ1) is 19.8. The summed E-state index contributed by atoms with van der Waals surface area (Å²) in [6.45, 7) is 0.766. The first kappa shape index (κ1) is 22.7. The van der Waals surface area contributed by atoms with E-state index in [1.165, 1.54) is 60.5 Å². The molecule has 6 aromatic carbocycles. The fraction of sp³-hybridized carbons (Fsp3) is 0.0270. The first-order valence-electron chi connectivity index (χ1n) is 13.8. The van der Waals surface area contributed by atoms with E-state index in [2.05, 4.69) is 160 Å². The number of nitrogens with one attached hydrogen (secondary N) is 1. The van der Waals surface area contributed by atoms with Crippen LogP contribution in [-0.2, 0) is 6.54 Å². The van der Waals surface area contributed by atoms with E-state index in [1.807, 2.05) is 0 Å². The lowest BCUT2D eigenvalue weighted by Gasteiger charge is -2.12. The van der Waals surface area contributed by atoms with E-state index in [-0.39, 0.29) is 0 Å². The van der Waals surface area contributed by atoms with Crippen molar-refractivity contribution in [3.63, 3.8) is 0 Å². The molecule has 40 heavy (non-hydrogen) atoms. The van der Waals surface area contributed by atoms with Crippen LogP contribution in [0.15, 0.2) is 146 Å². The second-order valence-corrected chi connectivity index (χ2v) is 10.3. The maximum atomic E-state index is 3.61. The summed E-state index contributed by atoms with van der Waals surface area (Å²) in [6.07, 6.45) is 0. The number of fused-ring (bicyclic) bond motifs is 6. The van der Waals surface area contributed by atoms with Gasteiger partial charge in [0.2, 0.25) is 0 Å². The van der Waals surface area contributed by atoms with Gasteiger partial charge in [-0.25, -0.2) is 0 Å². The molecule has 0 radical (unpaired) electrons. The van der Waals surface area contributed by atoms with E-state index >= 15 is 0 Å². The summed E-state index contributed by atoms with van der Waals surface area (Å²) in [5.41, 5.74) is 9.62. The molecular weight excluding hydrogens is 486 g/mol. The average Bonchev–Trinajstić information content (AvgIpc) is 3.54. The molecular formula is C37H27N3. The predicted molar refractivity (Wildman–Crippen MR) is 169 cm³/mol. The van der Waals surface area contributed by atoms with E-state index in [0.717, 1.165) is 12.2 Å². The molecule has 0 amide bonds. The van der Waals surface area contributed by atoms with Crippen LogP contribution in [0.4, 0.5) is 5.69 Å². The highest BCUT2D eigenvalue weighted by Gasteiger charge is 2.12. The van der Waals surface area contributed by atoms with Gasteiger partial charge in [0.1, 0.15) is 0 Å². The van der Waals surface area contributed by atoms with Gasteiger partial charge in [-0.2, -0.15) is 0 Å². The molecule has 0 saturated heterocycles. The van der Waals surface area contributed by atoms with Crippen molar-refractivity contribution in [3.05, 3.63) is 151 Å². The Morgan fingerprint density at radius 3 is 1.12 bits per heavy atom. The Kier molecular flexibility index (Phi) is 5.20. The summed E-state index contributed by atoms with van der Waals surface area (Å²) >= 11 is 0. The predicted octanol–water partition coefficient (Wildman–Crippen LogP) is 9.49. The minimum atomic E-state index is 0.766. The van der Waals surface area contributed by atoms with Gasteiger partial charge in [0.05, 0.1) is 22.1 Å². The Hall–Kier alpha value is -5.28. The van der Waals surface area contributed by atoms with Crippen LogP contribution < -0.4 is 5.32 Å². The van der Waals surface area contributed by atoms with E-state index < -0.39 is 0 Å². The Bertz CT molecular complexity index is 1880. The molecule has 0 aliphatic heterocycles. The molecule has 190 valence electrons. The molecule has 3 nitrogen and oxygen atoms in total. The quantitative estimate of drug-likeness (QED) is 0.243. The fourth-order valence-corrected chi connectivity index (χ4v) is 6.10. The van der Waals surface area contributed by atoms with Crippen LogP contribution >= 0.6 is 0 Å². The third kappa shape index (κ3) is 3.59. The lowest BCUT2D eigenvalue weighted by Crippen LogP contribution is -2.01. The summed E-state index contributed by atoms with van der Waals surface area (Å²) in [4.78, 5) is 0. The molecule has 3 heteroatoms. The van der Waals surface area contributed by atoms with Gasteiger partial charge >= 0.3 is 0 Å². The highest BCUT2D eigenvalue weighted by Crippen LogP contribution is 2.33. The van der Waals surface area contributed by atoms with Gasteiger partial charge < -0.3 is 14.5 Å². The number of hydrogen-bond donors (Lipinski definition) is 1. The zero-order chi connectivity index (χ0) is 26.5. The van der Waals surface area contributed by atoms with E-state index in [1.54, 1.807) is 0 Å². The molecule has 0 unspecified atom stereocenters. The second-order valence-electron chi connectivity index (χ2n) is 10.3. The largest absolute Gasteiger partial charge is 0.381 e. The van der Waals surface area contributed by atoms with Crippen molar-refractivity contribution in [3.8, 4) is 11.4 Å². The number of aromatic nitrogens is 2. The molecule has 8 aromatic rings.